The molecule has 1 fully saturated rings. The lowest BCUT2D eigenvalue weighted by atomic mass is 9.85. The molecule has 1 saturated carbocycles. The molecule has 0 radical (unpaired) electrons. The molecule has 2 aromatic rings. The van der Waals surface area contributed by atoms with E-state index < -0.39 is 5.97 Å². The Kier molecular flexibility index (Phi) is 2.98. The highest BCUT2D eigenvalue weighted by atomic mass is 16.4. The molecule has 1 aliphatic rings. The molecule has 19 heavy (non-hydrogen) atoms. The first-order valence-electron chi connectivity index (χ1n) is 6.34. The number of rotatable bonds is 4. The number of carbonyl (C=O) groups is 1. The first kappa shape index (κ1) is 11.8. The van der Waals surface area contributed by atoms with Crippen molar-refractivity contribution < 1.29 is 9.90 Å². The Morgan fingerprint density at radius 3 is 2.84 bits per heavy atom. The molecule has 0 aliphatic heterocycles. The predicted molar refractivity (Wildman–Crippen MR) is 67.6 cm³/mol. The van der Waals surface area contributed by atoms with Crippen molar-refractivity contribution in [3.8, 4) is 11.4 Å². The number of carboxylic acid groups (broad SMARTS) is 1. The zero-order valence-corrected chi connectivity index (χ0v) is 10.4. The number of nitrogens with zero attached hydrogens (tertiary/aromatic N) is 4. The van der Waals surface area contributed by atoms with Gasteiger partial charge in [0, 0.05) is 12.7 Å². The Bertz CT molecular complexity index is 590. The third-order valence-corrected chi connectivity index (χ3v) is 3.50. The summed E-state index contributed by atoms with van der Waals surface area (Å²) in [6.07, 6.45) is 5.22. The van der Waals surface area contributed by atoms with Crippen LogP contribution in [0.2, 0.25) is 0 Å². The van der Waals surface area contributed by atoms with E-state index in [1.54, 1.807) is 23.0 Å². The molecule has 0 atom stereocenters. The molecule has 0 unspecified atom stereocenters. The number of pyridine rings is 1. The Hall–Kier alpha value is -2.24. The van der Waals surface area contributed by atoms with Gasteiger partial charge in [-0.25, -0.2) is 9.48 Å². The van der Waals surface area contributed by atoms with Crippen molar-refractivity contribution >= 4 is 5.97 Å². The Morgan fingerprint density at radius 2 is 2.26 bits per heavy atom. The minimum atomic E-state index is -1.07. The number of aromatic carboxylic acids is 1. The van der Waals surface area contributed by atoms with Crippen LogP contribution in [-0.2, 0) is 6.54 Å². The minimum Gasteiger partial charge on any atom is -0.476 e. The van der Waals surface area contributed by atoms with Crippen LogP contribution in [0.3, 0.4) is 0 Å². The summed E-state index contributed by atoms with van der Waals surface area (Å²) in [6, 6.07) is 5.40. The van der Waals surface area contributed by atoms with Crippen LogP contribution in [0.4, 0.5) is 0 Å². The Morgan fingerprint density at radius 1 is 1.42 bits per heavy atom. The van der Waals surface area contributed by atoms with Crippen LogP contribution in [0.5, 0.6) is 0 Å². The molecule has 0 spiro atoms. The van der Waals surface area contributed by atoms with Crippen LogP contribution in [0.25, 0.3) is 11.4 Å². The van der Waals surface area contributed by atoms with Crippen molar-refractivity contribution in [1.82, 2.24) is 20.0 Å². The van der Waals surface area contributed by atoms with E-state index in [1.807, 2.05) is 6.07 Å². The summed E-state index contributed by atoms with van der Waals surface area (Å²) in [7, 11) is 0. The lowest BCUT2D eigenvalue weighted by molar-refractivity contribution is 0.0691. The van der Waals surface area contributed by atoms with Crippen LogP contribution in [0.1, 0.15) is 29.8 Å². The molecule has 98 valence electrons. The van der Waals surface area contributed by atoms with E-state index >= 15 is 0 Å². The summed E-state index contributed by atoms with van der Waals surface area (Å²) in [6.45, 7) is 0.714. The van der Waals surface area contributed by atoms with Crippen LogP contribution >= 0.6 is 0 Å². The number of carboxylic acids is 1. The molecule has 3 rings (SSSR count). The molecule has 0 bridgehead atoms. The SMILES string of the molecule is O=C(O)c1nnn(CC2CCC2)c1-c1ccccn1. The zero-order valence-electron chi connectivity index (χ0n) is 10.4. The molecular formula is C13H14N4O2. The van der Waals surface area contributed by atoms with Gasteiger partial charge in [-0.05, 0) is 30.9 Å². The van der Waals surface area contributed by atoms with Gasteiger partial charge in [0.05, 0.1) is 5.69 Å². The highest BCUT2D eigenvalue weighted by Crippen LogP contribution is 2.30. The fraction of sp³-hybridized carbons (Fsp3) is 0.385. The molecule has 2 heterocycles. The Labute approximate surface area is 110 Å². The molecule has 6 nitrogen and oxygen atoms in total. The molecule has 2 aromatic heterocycles. The van der Waals surface area contributed by atoms with Gasteiger partial charge in [-0.15, -0.1) is 5.10 Å². The maximum Gasteiger partial charge on any atom is 0.358 e. The lowest BCUT2D eigenvalue weighted by Gasteiger charge is -2.25. The summed E-state index contributed by atoms with van der Waals surface area (Å²) < 4.78 is 1.68. The van der Waals surface area contributed by atoms with Crippen LogP contribution in [0.15, 0.2) is 24.4 Å². The van der Waals surface area contributed by atoms with E-state index in [4.69, 9.17) is 0 Å². The van der Waals surface area contributed by atoms with Crippen LogP contribution in [0, 0.1) is 5.92 Å². The molecule has 1 aliphatic carbocycles. The third-order valence-electron chi connectivity index (χ3n) is 3.50. The topological polar surface area (TPSA) is 80.9 Å². The average Bonchev–Trinajstić information content (AvgIpc) is 2.78. The Balaban J connectivity index is 2.02. The highest BCUT2D eigenvalue weighted by Gasteiger charge is 2.25. The molecular weight excluding hydrogens is 244 g/mol. The number of hydrogen-bond acceptors (Lipinski definition) is 4. The van der Waals surface area contributed by atoms with Gasteiger partial charge in [0.25, 0.3) is 0 Å². The second-order valence-electron chi connectivity index (χ2n) is 4.79. The summed E-state index contributed by atoms with van der Waals surface area (Å²) in [4.78, 5) is 15.4. The fourth-order valence-electron chi connectivity index (χ4n) is 2.26. The zero-order chi connectivity index (χ0) is 13.2. The van der Waals surface area contributed by atoms with E-state index in [0.717, 1.165) is 0 Å². The van der Waals surface area contributed by atoms with E-state index in [9.17, 15) is 9.90 Å². The van der Waals surface area contributed by atoms with Gasteiger partial charge in [0.1, 0.15) is 5.69 Å². The second kappa shape index (κ2) is 4.79. The first-order chi connectivity index (χ1) is 9.25. The van der Waals surface area contributed by atoms with Crippen molar-refractivity contribution in [2.24, 2.45) is 5.92 Å². The number of aromatic nitrogens is 4. The minimum absolute atomic E-state index is 0.0296. The van der Waals surface area contributed by atoms with Crippen LogP contribution in [-0.4, -0.2) is 31.1 Å². The van der Waals surface area contributed by atoms with Crippen molar-refractivity contribution in [2.75, 3.05) is 0 Å². The first-order valence-corrected chi connectivity index (χ1v) is 6.34. The maximum absolute atomic E-state index is 11.2. The van der Waals surface area contributed by atoms with Gasteiger partial charge in [-0.1, -0.05) is 17.7 Å². The largest absolute Gasteiger partial charge is 0.476 e. The highest BCUT2D eigenvalue weighted by molar-refractivity contribution is 5.92. The summed E-state index contributed by atoms with van der Waals surface area (Å²) in [5.41, 5.74) is 1.07. The molecule has 0 saturated heterocycles. The van der Waals surface area contributed by atoms with Gasteiger partial charge < -0.3 is 5.11 Å². The van der Waals surface area contributed by atoms with E-state index in [1.165, 1.54) is 19.3 Å². The van der Waals surface area contributed by atoms with Crippen LogP contribution < -0.4 is 0 Å². The average molecular weight is 258 g/mol. The summed E-state index contributed by atoms with van der Waals surface area (Å²) in [5, 5.41) is 17.0. The lowest BCUT2D eigenvalue weighted by Crippen LogP contribution is -2.19. The van der Waals surface area contributed by atoms with Gasteiger partial charge in [-0.2, -0.15) is 0 Å². The number of hydrogen-bond donors (Lipinski definition) is 1. The molecule has 0 aromatic carbocycles. The quantitative estimate of drug-likeness (QED) is 0.904. The van der Waals surface area contributed by atoms with Gasteiger partial charge in [0.15, 0.2) is 5.69 Å². The smallest absolute Gasteiger partial charge is 0.358 e. The molecule has 6 heteroatoms. The second-order valence-corrected chi connectivity index (χ2v) is 4.79. The van der Waals surface area contributed by atoms with Gasteiger partial charge >= 0.3 is 5.97 Å². The van der Waals surface area contributed by atoms with Gasteiger partial charge in [-0.3, -0.25) is 4.98 Å². The van der Waals surface area contributed by atoms with Crippen molar-refractivity contribution in [3.63, 3.8) is 0 Å². The molecule has 0 amide bonds. The standard InChI is InChI=1S/C13H14N4O2/c18-13(19)11-12(10-6-1-2-7-14-10)17(16-15-11)8-9-4-3-5-9/h1-2,6-7,9H,3-5,8H2,(H,18,19). The third kappa shape index (κ3) is 2.21. The van der Waals surface area contributed by atoms with E-state index in [2.05, 4.69) is 15.3 Å². The van der Waals surface area contributed by atoms with Crippen molar-refractivity contribution in [2.45, 2.75) is 25.8 Å². The van der Waals surface area contributed by atoms with E-state index in [-0.39, 0.29) is 5.69 Å². The monoisotopic (exact) mass is 258 g/mol. The van der Waals surface area contributed by atoms with Gasteiger partial charge in [0.2, 0.25) is 0 Å². The van der Waals surface area contributed by atoms with Crippen molar-refractivity contribution in [3.05, 3.63) is 30.1 Å². The summed E-state index contributed by atoms with van der Waals surface area (Å²) in [5.74, 6) is -0.494. The summed E-state index contributed by atoms with van der Waals surface area (Å²) >= 11 is 0. The van der Waals surface area contributed by atoms with Crippen molar-refractivity contribution in [1.29, 1.82) is 0 Å². The normalized spacial score (nSPS) is 15.2. The molecule has 1 N–H and O–H groups in total. The maximum atomic E-state index is 11.2. The van der Waals surface area contributed by atoms with E-state index in [0.29, 0.717) is 23.9 Å². The fourth-order valence-corrected chi connectivity index (χ4v) is 2.26. The predicted octanol–water partition coefficient (Wildman–Crippen LogP) is 1.84.